The minimum absolute atomic E-state index is 0. The van der Waals surface area contributed by atoms with E-state index in [-0.39, 0.29) is 24.6 Å². The van der Waals surface area contributed by atoms with Crippen LogP contribution in [0, 0.1) is 0 Å². The number of halogens is 1. The third kappa shape index (κ3) is 7.81. The van der Waals surface area contributed by atoms with Crippen molar-refractivity contribution < 1.29 is 22.7 Å². The van der Waals surface area contributed by atoms with Gasteiger partial charge in [0.25, 0.3) is 0 Å². The Labute approximate surface area is 164 Å². The summed E-state index contributed by atoms with van der Waals surface area (Å²) in [6.45, 7) is 0. The summed E-state index contributed by atoms with van der Waals surface area (Å²) < 4.78 is 32.9. The molecule has 2 aromatic rings. The van der Waals surface area contributed by atoms with E-state index in [1.807, 2.05) is 0 Å². The molecule has 10 heteroatoms. The van der Waals surface area contributed by atoms with Crippen molar-refractivity contribution in [2.75, 3.05) is 24.4 Å². The van der Waals surface area contributed by atoms with E-state index in [0.29, 0.717) is 17.3 Å². The van der Waals surface area contributed by atoms with Crippen molar-refractivity contribution in [2.45, 2.75) is 12.5 Å². The van der Waals surface area contributed by atoms with Crippen molar-refractivity contribution >= 4 is 33.8 Å². The molecule has 0 aliphatic rings. The Bertz CT molecular complexity index is 842. The first-order valence-corrected chi connectivity index (χ1v) is 9.85. The number of ether oxygens (including phenoxy) is 2. The van der Waals surface area contributed by atoms with E-state index >= 15 is 0 Å². The average Bonchev–Trinajstić information content (AvgIpc) is 2.61. The molecule has 27 heavy (non-hydrogen) atoms. The molecule has 0 radical (unpaired) electrons. The van der Waals surface area contributed by atoms with Gasteiger partial charge in [0.1, 0.15) is 21.3 Å². The van der Waals surface area contributed by atoms with Crippen LogP contribution < -0.4 is 20.5 Å². The fraction of sp³-hybridized carbons (Fsp3) is 0.294. The van der Waals surface area contributed by atoms with Gasteiger partial charge in [0, 0.05) is 12.3 Å². The molecule has 1 unspecified atom stereocenters. The summed E-state index contributed by atoms with van der Waals surface area (Å²) in [5.74, 6) is 1.05. The van der Waals surface area contributed by atoms with Crippen LogP contribution in [0.4, 0.5) is 5.69 Å². The molecule has 1 amide bonds. The van der Waals surface area contributed by atoms with Crippen LogP contribution in [0.15, 0.2) is 42.6 Å². The van der Waals surface area contributed by atoms with Crippen LogP contribution in [-0.4, -0.2) is 44.5 Å². The van der Waals surface area contributed by atoms with Gasteiger partial charge in [-0.15, -0.1) is 12.4 Å². The number of hydrogen-bond donors (Lipinski definition) is 2. The van der Waals surface area contributed by atoms with Crippen molar-refractivity contribution in [1.29, 1.82) is 0 Å². The molecule has 0 aliphatic carbocycles. The summed E-state index contributed by atoms with van der Waals surface area (Å²) in [6, 6.07) is 9.33. The number of sulfone groups is 1. The van der Waals surface area contributed by atoms with Gasteiger partial charge in [-0.1, -0.05) is 0 Å². The van der Waals surface area contributed by atoms with Crippen LogP contribution in [0.2, 0.25) is 0 Å². The van der Waals surface area contributed by atoms with E-state index in [2.05, 4.69) is 10.3 Å². The standard InChI is InChI=1S/C17H21N3O5S.ClH/c1-24-13-4-6-14(7-5-13)25-16-8-3-12(11-19-16)20-17(21)15(18)9-10-26(2,22)23;/h3-8,11,15H,9-10,18H2,1-2H3,(H,20,21);1H. The summed E-state index contributed by atoms with van der Waals surface area (Å²) in [4.78, 5) is 16.1. The number of hydrogen-bond acceptors (Lipinski definition) is 7. The van der Waals surface area contributed by atoms with Crippen LogP contribution in [0.25, 0.3) is 0 Å². The zero-order valence-electron chi connectivity index (χ0n) is 14.9. The number of carbonyl (C=O) groups is 1. The highest BCUT2D eigenvalue weighted by Gasteiger charge is 2.16. The van der Waals surface area contributed by atoms with Crippen molar-refractivity contribution in [2.24, 2.45) is 5.73 Å². The van der Waals surface area contributed by atoms with Gasteiger partial charge >= 0.3 is 0 Å². The fourth-order valence-corrected chi connectivity index (χ4v) is 2.67. The number of nitrogens with two attached hydrogens (primary N) is 1. The number of benzene rings is 1. The third-order valence-corrected chi connectivity index (χ3v) is 4.40. The van der Waals surface area contributed by atoms with Gasteiger partial charge in [-0.05, 0) is 36.8 Å². The minimum atomic E-state index is -3.16. The highest BCUT2D eigenvalue weighted by Crippen LogP contribution is 2.23. The second kappa shape index (κ2) is 10.1. The second-order valence-electron chi connectivity index (χ2n) is 5.68. The van der Waals surface area contributed by atoms with E-state index in [4.69, 9.17) is 15.2 Å². The van der Waals surface area contributed by atoms with Gasteiger partial charge in [-0.3, -0.25) is 4.79 Å². The number of nitrogens with one attached hydrogen (secondary N) is 1. The van der Waals surface area contributed by atoms with E-state index < -0.39 is 21.8 Å². The van der Waals surface area contributed by atoms with Crippen LogP contribution in [0.3, 0.4) is 0 Å². The average molecular weight is 416 g/mol. The maximum Gasteiger partial charge on any atom is 0.241 e. The zero-order valence-corrected chi connectivity index (χ0v) is 16.5. The van der Waals surface area contributed by atoms with Gasteiger partial charge in [-0.2, -0.15) is 0 Å². The van der Waals surface area contributed by atoms with Gasteiger partial charge in [-0.25, -0.2) is 13.4 Å². The third-order valence-electron chi connectivity index (χ3n) is 3.42. The lowest BCUT2D eigenvalue weighted by atomic mass is 10.2. The Morgan fingerprint density at radius 2 is 1.81 bits per heavy atom. The van der Waals surface area contributed by atoms with Gasteiger partial charge in [0.15, 0.2) is 0 Å². The summed E-state index contributed by atoms with van der Waals surface area (Å²) in [5.41, 5.74) is 6.13. The highest BCUT2D eigenvalue weighted by molar-refractivity contribution is 7.90. The van der Waals surface area contributed by atoms with Crippen molar-refractivity contribution in [3.63, 3.8) is 0 Å². The molecule has 1 atom stereocenters. The van der Waals surface area contributed by atoms with Crippen molar-refractivity contribution in [1.82, 2.24) is 4.98 Å². The molecular formula is C17H22ClN3O5S. The SMILES string of the molecule is COc1ccc(Oc2ccc(NC(=O)C(N)CCS(C)(=O)=O)cn2)cc1.Cl. The largest absolute Gasteiger partial charge is 0.497 e. The van der Waals surface area contributed by atoms with Crippen LogP contribution in [0.5, 0.6) is 17.4 Å². The maximum absolute atomic E-state index is 12.0. The normalized spacial score (nSPS) is 11.8. The molecule has 1 aromatic heterocycles. The summed E-state index contributed by atoms with van der Waals surface area (Å²) in [6.07, 6.45) is 2.58. The Morgan fingerprint density at radius 3 is 2.33 bits per heavy atom. The van der Waals surface area contributed by atoms with E-state index in [1.165, 1.54) is 6.20 Å². The Kier molecular flexibility index (Phi) is 8.48. The Balaban J connectivity index is 0.00000364. The molecule has 0 spiro atoms. The van der Waals surface area contributed by atoms with Gasteiger partial charge in [0.05, 0.1) is 30.8 Å². The number of carbonyl (C=O) groups excluding carboxylic acids is 1. The molecule has 0 bridgehead atoms. The summed E-state index contributed by atoms with van der Waals surface area (Å²) in [7, 11) is -1.58. The number of amides is 1. The van der Waals surface area contributed by atoms with Gasteiger partial charge < -0.3 is 20.5 Å². The molecule has 0 saturated carbocycles. The molecule has 0 fully saturated rings. The predicted octanol–water partition coefficient (Wildman–Crippen LogP) is 2.00. The van der Waals surface area contributed by atoms with E-state index in [0.717, 1.165) is 12.0 Å². The Hall–Kier alpha value is -2.36. The molecule has 0 saturated heterocycles. The lowest BCUT2D eigenvalue weighted by Gasteiger charge is -2.12. The number of methoxy groups -OCH3 is 1. The lowest BCUT2D eigenvalue weighted by molar-refractivity contribution is -0.117. The van der Waals surface area contributed by atoms with Crippen molar-refractivity contribution in [3.8, 4) is 17.4 Å². The molecular weight excluding hydrogens is 394 g/mol. The number of pyridine rings is 1. The summed E-state index contributed by atoms with van der Waals surface area (Å²) >= 11 is 0. The molecule has 0 aliphatic heterocycles. The van der Waals surface area contributed by atoms with E-state index in [1.54, 1.807) is 43.5 Å². The molecule has 3 N–H and O–H groups in total. The molecule has 8 nitrogen and oxygen atoms in total. The smallest absolute Gasteiger partial charge is 0.241 e. The second-order valence-corrected chi connectivity index (χ2v) is 7.94. The predicted molar refractivity (Wildman–Crippen MR) is 105 cm³/mol. The quantitative estimate of drug-likeness (QED) is 0.676. The first kappa shape index (κ1) is 22.7. The lowest BCUT2D eigenvalue weighted by Crippen LogP contribution is -2.37. The Morgan fingerprint density at radius 1 is 1.19 bits per heavy atom. The van der Waals surface area contributed by atoms with Crippen molar-refractivity contribution in [3.05, 3.63) is 42.6 Å². The first-order chi connectivity index (χ1) is 12.3. The molecule has 2 rings (SSSR count). The molecule has 1 aromatic carbocycles. The topological polar surface area (TPSA) is 121 Å². The zero-order chi connectivity index (χ0) is 19.2. The van der Waals surface area contributed by atoms with Gasteiger partial charge in [0.2, 0.25) is 11.8 Å². The maximum atomic E-state index is 12.0. The van der Waals surface area contributed by atoms with E-state index in [9.17, 15) is 13.2 Å². The molecule has 1 heterocycles. The number of rotatable bonds is 8. The number of aromatic nitrogens is 1. The number of nitrogens with zero attached hydrogens (tertiary/aromatic N) is 1. The fourth-order valence-electron chi connectivity index (χ4n) is 1.99. The number of anilines is 1. The monoisotopic (exact) mass is 415 g/mol. The minimum Gasteiger partial charge on any atom is -0.497 e. The molecule has 148 valence electrons. The highest BCUT2D eigenvalue weighted by atomic mass is 35.5. The first-order valence-electron chi connectivity index (χ1n) is 7.79. The summed E-state index contributed by atoms with van der Waals surface area (Å²) in [5, 5.41) is 2.59. The van der Waals surface area contributed by atoms with Crippen LogP contribution >= 0.6 is 12.4 Å². The van der Waals surface area contributed by atoms with Crippen LogP contribution in [-0.2, 0) is 14.6 Å². The van der Waals surface area contributed by atoms with Crippen LogP contribution in [0.1, 0.15) is 6.42 Å².